The molecular weight excluding hydrogens is 412 g/mol. The summed E-state index contributed by atoms with van der Waals surface area (Å²) in [5.74, 6) is -0.146. The Morgan fingerprint density at radius 1 is 1.24 bits per heavy atom. The molecule has 0 aliphatic carbocycles. The van der Waals surface area contributed by atoms with E-state index in [9.17, 15) is 18.3 Å². The minimum Gasteiger partial charge on any atom is -0.386 e. The van der Waals surface area contributed by atoms with E-state index in [2.05, 4.69) is 20.3 Å². The van der Waals surface area contributed by atoms with Crippen molar-refractivity contribution in [3.05, 3.63) is 57.7 Å². The number of aryl methyl sites for hydroxylation is 2. The number of rotatable bonds is 6. The minimum absolute atomic E-state index is 0.0472. The summed E-state index contributed by atoms with van der Waals surface area (Å²) in [6, 6.07) is 6.40. The van der Waals surface area contributed by atoms with E-state index in [0.29, 0.717) is 16.0 Å². The third-order valence-electron chi connectivity index (χ3n) is 4.29. The summed E-state index contributed by atoms with van der Waals surface area (Å²) in [7, 11) is -3.47. The van der Waals surface area contributed by atoms with Crippen molar-refractivity contribution in [3.63, 3.8) is 0 Å². The number of sulfone groups is 1. The van der Waals surface area contributed by atoms with E-state index in [-0.39, 0.29) is 23.3 Å². The molecule has 29 heavy (non-hydrogen) atoms. The van der Waals surface area contributed by atoms with Gasteiger partial charge >= 0.3 is 0 Å². The largest absolute Gasteiger partial charge is 0.386 e. The summed E-state index contributed by atoms with van der Waals surface area (Å²) in [4.78, 5) is 25.7. The van der Waals surface area contributed by atoms with E-state index in [4.69, 9.17) is 0 Å². The van der Waals surface area contributed by atoms with E-state index in [0.717, 1.165) is 17.5 Å². The number of hydrogen-bond donors (Lipinski definition) is 2. The summed E-state index contributed by atoms with van der Waals surface area (Å²) >= 11 is 1.33. The smallest absolute Gasteiger partial charge is 0.251 e. The maximum atomic E-state index is 12.7. The number of benzene rings is 1. The van der Waals surface area contributed by atoms with E-state index in [1.165, 1.54) is 23.6 Å². The van der Waals surface area contributed by atoms with E-state index in [1.54, 1.807) is 37.6 Å². The lowest BCUT2D eigenvalue weighted by atomic mass is 10.0. The lowest BCUT2D eigenvalue weighted by Gasteiger charge is -2.13. The Hall–Kier alpha value is -2.69. The molecule has 0 bridgehead atoms. The van der Waals surface area contributed by atoms with Crippen LogP contribution in [0.2, 0.25) is 0 Å². The van der Waals surface area contributed by atoms with Gasteiger partial charge in [-0.15, -0.1) is 11.3 Å². The number of carbonyl (C=O) groups is 1. The van der Waals surface area contributed by atoms with Crippen LogP contribution in [-0.4, -0.2) is 47.2 Å². The van der Waals surface area contributed by atoms with Gasteiger partial charge < -0.3 is 10.4 Å². The van der Waals surface area contributed by atoms with Gasteiger partial charge in [0.25, 0.3) is 5.91 Å². The monoisotopic (exact) mass is 432 g/mol. The summed E-state index contributed by atoms with van der Waals surface area (Å²) < 4.78 is 23.5. The average molecular weight is 433 g/mol. The second kappa shape index (κ2) is 8.36. The van der Waals surface area contributed by atoms with Gasteiger partial charge in [0.15, 0.2) is 20.7 Å². The number of hydrogen-bond acceptors (Lipinski definition) is 8. The Kier molecular flexibility index (Phi) is 6.06. The number of aromatic nitrogens is 3. The van der Waals surface area contributed by atoms with E-state index in [1.807, 2.05) is 0 Å². The molecule has 152 valence electrons. The molecule has 0 fully saturated rings. The van der Waals surface area contributed by atoms with Crippen LogP contribution in [0, 0.1) is 13.8 Å². The van der Waals surface area contributed by atoms with Crippen molar-refractivity contribution in [1.29, 1.82) is 0 Å². The lowest BCUT2D eigenvalue weighted by Crippen LogP contribution is -2.29. The molecule has 0 aliphatic rings. The highest BCUT2D eigenvalue weighted by atomic mass is 32.2. The first-order valence-corrected chi connectivity index (χ1v) is 11.4. The van der Waals surface area contributed by atoms with Crippen LogP contribution in [0.5, 0.6) is 0 Å². The van der Waals surface area contributed by atoms with Crippen LogP contribution < -0.4 is 5.32 Å². The lowest BCUT2D eigenvalue weighted by molar-refractivity contribution is 0.0917. The molecule has 2 aromatic heterocycles. The number of aliphatic hydroxyl groups excluding tert-OH is 1. The summed E-state index contributed by atoms with van der Waals surface area (Å²) in [5.41, 5.74) is 4.02. The van der Waals surface area contributed by atoms with Gasteiger partial charge in [-0.1, -0.05) is 12.1 Å². The summed E-state index contributed by atoms with van der Waals surface area (Å²) in [5, 5.41) is 12.9. The zero-order chi connectivity index (χ0) is 21.2. The van der Waals surface area contributed by atoms with Gasteiger partial charge in [0.05, 0.1) is 16.1 Å². The highest BCUT2D eigenvalue weighted by molar-refractivity contribution is 7.90. The third-order valence-corrected chi connectivity index (χ3v) is 6.31. The van der Waals surface area contributed by atoms with Crippen LogP contribution in [0.1, 0.15) is 32.6 Å². The predicted molar refractivity (Wildman–Crippen MR) is 109 cm³/mol. The molecule has 1 atom stereocenters. The topological polar surface area (TPSA) is 122 Å². The maximum absolute atomic E-state index is 12.7. The van der Waals surface area contributed by atoms with Crippen LogP contribution in [0.3, 0.4) is 0 Å². The zero-order valence-electron chi connectivity index (χ0n) is 16.1. The molecule has 0 radical (unpaired) electrons. The molecule has 3 aromatic rings. The second-order valence-corrected chi connectivity index (χ2v) is 9.40. The van der Waals surface area contributed by atoms with Crippen molar-refractivity contribution in [2.24, 2.45) is 0 Å². The number of amides is 1. The van der Waals surface area contributed by atoms with Crippen LogP contribution in [0.15, 0.2) is 41.0 Å². The van der Waals surface area contributed by atoms with Gasteiger partial charge in [0.2, 0.25) is 0 Å². The van der Waals surface area contributed by atoms with Gasteiger partial charge in [-0.2, -0.15) is 0 Å². The first-order chi connectivity index (χ1) is 13.7. The Morgan fingerprint density at radius 3 is 2.66 bits per heavy atom. The van der Waals surface area contributed by atoms with Gasteiger partial charge in [0.1, 0.15) is 6.10 Å². The highest BCUT2D eigenvalue weighted by Crippen LogP contribution is 2.22. The molecule has 2 heterocycles. The van der Waals surface area contributed by atoms with Crippen LogP contribution in [-0.2, 0) is 9.84 Å². The molecule has 0 aliphatic heterocycles. The quantitative estimate of drug-likeness (QED) is 0.572. The number of aliphatic hydroxyl groups is 1. The van der Waals surface area contributed by atoms with Gasteiger partial charge in [-0.05, 0) is 31.5 Å². The number of carbonyl (C=O) groups excluding carboxylic acids is 1. The summed E-state index contributed by atoms with van der Waals surface area (Å²) in [6.45, 7) is 3.64. The SMILES string of the molecule is Cc1ccc(-c2nccc(S(C)(=O)=O)n2)cc1C(=O)NC[C@@H](O)c1scnc1C. The Balaban J connectivity index is 1.82. The molecule has 1 aromatic carbocycles. The van der Waals surface area contributed by atoms with Crippen molar-refractivity contribution in [2.45, 2.75) is 25.0 Å². The molecule has 0 spiro atoms. The molecule has 10 heteroatoms. The van der Waals surface area contributed by atoms with Crippen molar-refractivity contribution in [1.82, 2.24) is 20.3 Å². The Bertz CT molecular complexity index is 1160. The fourth-order valence-corrected chi connectivity index (χ4v) is 4.05. The predicted octanol–water partition coefficient (Wildman–Crippen LogP) is 2.08. The fourth-order valence-electron chi connectivity index (χ4n) is 2.70. The molecule has 0 unspecified atom stereocenters. The van der Waals surface area contributed by atoms with Crippen LogP contribution in [0.25, 0.3) is 11.4 Å². The van der Waals surface area contributed by atoms with E-state index >= 15 is 0 Å². The van der Waals surface area contributed by atoms with Gasteiger partial charge in [0, 0.05) is 30.1 Å². The molecule has 8 nitrogen and oxygen atoms in total. The fraction of sp³-hybridized carbons (Fsp3) is 0.263. The molecule has 0 saturated carbocycles. The normalized spacial score (nSPS) is 12.6. The minimum atomic E-state index is -3.47. The zero-order valence-corrected chi connectivity index (χ0v) is 17.7. The standard InChI is InChI=1S/C19H20N4O4S2/c1-11-4-5-13(18-20-7-6-16(23-18)29(3,26)27)8-14(11)19(25)21-9-15(24)17-12(2)22-10-28-17/h4-8,10,15,24H,9H2,1-3H3,(H,21,25)/t15-/m1/s1. The molecule has 1 amide bonds. The number of nitrogens with zero attached hydrogens (tertiary/aromatic N) is 3. The van der Waals surface area contributed by atoms with Crippen molar-refractivity contribution in [2.75, 3.05) is 12.8 Å². The van der Waals surface area contributed by atoms with Crippen molar-refractivity contribution in [3.8, 4) is 11.4 Å². The van der Waals surface area contributed by atoms with Crippen molar-refractivity contribution >= 4 is 27.1 Å². The first kappa shape index (κ1) is 21.0. The second-order valence-electron chi connectivity index (χ2n) is 6.55. The Morgan fingerprint density at radius 2 is 2.00 bits per heavy atom. The third kappa shape index (κ3) is 4.84. The maximum Gasteiger partial charge on any atom is 0.251 e. The Labute approximate surface area is 172 Å². The molecule has 3 rings (SSSR count). The van der Waals surface area contributed by atoms with Crippen molar-refractivity contribution < 1.29 is 18.3 Å². The highest BCUT2D eigenvalue weighted by Gasteiger charge is 2.17. The summed E-state index contributed by atoms with van der Waals surface area (Å²) in [6.07, 6.45) is 1.60. The molecular formula is C19H20N4O4S2. The van der Waals surface area contributed by atoms with Crippen LogP contribution >= 0.6 is 11.3 Å². The number of nitrogens with one attached hydrogen (secondary N) is 1. The number of thiazole rings is 1. The van der Waals surface area contributed by atoms with Crippen LogP contribution in [0.4, 0.5) is 0 Å². The van der Waals surface area contributed by atoms with Gasteiger partial charge in [-0.25, -0.2) is 23.4 Å². The van der Waals surface area contributed by atoms with E-state index < -0.39 is 15.9 Å². The first-order valence-electron chi connectivity index (χ1n) is 8.67. The molecule has 0 saturated heterocycles. The average Bonchev–Trinajstić information content (AvgIpc) is 3.11. The van der Waals surface area contributed by atoms with Gasteiger partial charge in [-0.3, -0.25) is 4.79 Å². The molecule has 2 N–H and O–H groups in total.